The highest BCUT2D eigenvalue weighted by atomic mass is 19.4. The van der Waals surface area contributed by atoms with Crippen LogP contribution in [0.25, 0.3) is 5.69 Å². The number of benzene rings is 2. The molecule has 2 aromatic carbocycles. The van der Waals surface area contributed by atoms with Crippen molar-refractivity contribution in [2.75, 3.05) is 13.7 Å². The molecule has 1 aliphatic carbocycles. The number of carbonyl (C=O) groups is 1. The highest BCUT2D eigenvalue weighted by molar-refractivity contribution is 5.74. The monoisotopic (exact) mass is 504 g/mol. The van der Waals surface area contributed by atoms with E-state index in [0.717, 1.165) is 16.7 Å². The van der Waals surface area contributed by atoms with Crippen molar-refractivity contribution in [1.29, 1.82) is 0 Å². The third kappa shape index (κ3) is 4.15. The van der Waals surface area contributed by atoms with Crippen LogP contribution in [-0.4, -0.2) is 45.5 Å². The third-order valence-corrected chi connectivity index (χ3v) is 7.41. The lowest BCUT2D eigenvalue weighted by Crippen LogP contribution is -2.35. The number of carbonyl (C=O) groups excluding carboxylic acids is 1. The van der Waals surface area contributed by atoms with Crippen molar-refractivity contribution in [3.63, 3.8) is 0 Å². The van der Waals surface area contributed by atoms with E-state index in [-0.39, 0.29) is 29.3 Å². The number of esters is 1. The van der Waals surface area contributed by atoms with E-state index in [1.807, 2.05) is 6.92 Å². The Kier molecular flexibility index (Phi) is 6.06. The first kappa shape index (κ1) is 24.4. The summed E-state index contributed by atoms with van der Waals surface area (Å²) in [6, 6.07) is 11.0. The van der Waals surface area contributed by atoms with Crippen molar-refractivity contribution >= 4 is 5.97 Å². The molecule has 5 rings (SSSR count). The summed E-state index contributed by atoms with van der Waals surface area (Å²) in [4.78, 5) is 12.6. The van der Waals surface area contributed by atoms with Crippen molar-refractivity contribution in [2.24, 2.45) is 5.92 Å². The van der Waals surface area contributed by atoms with Gasteiger partial charge >= 0.3 is 12.1 Å². The van der Waals surface area contributed by atoms with Crippen molar-refractivity contribution in [1.82, 2.24) is 20.2 Å². The van der Waals surface area contributed by atoms with Crippen molar-refractivity contribution in [2.45, 2.75) is 49.8 Å². The number of tetrazole rings is 1. The van der Waals surface area contributed by atoms with Crippen LogP contribution in [0.5, 0.6) is 0 Å². The Hall–Kier alpha value is -3.34. The zero-order chi connectivity index (χ0) is 25.7. The van der Waals surface area contributed by atoms with Gasteiger partial charge in [0.15, 0.2) is 0 Å². The fourth-order valence-electron chi connectivity index (χ4n) is 5.83. The van der Waals surface area contributed by atoms with Crippen LogP contribution in [0.15, 0.2) is 42.5 Å². The molecule has 0 bridgehead atoms. The molecule has 1 saturated heterocycles. The Morgan fingerprint density at radius 2 is 1.94 bits per heavy atom. The van der Waals surface area contributed by atoms with Gasteiger partial charge in [0, 0.05) is 11.8 Å². The largest absolute Gasteiger partial charge is 0.469 e. The molecule has 0 N–H and O–H groups in total. The Balaban J connectivity index is 1.49. The Labute approximate surface area is 204 Å². The second-order valence-electron chi connectivity index (χ2n) is 9.43. The molecular formula is C25H24F4N4O3. The van der Waals surface area contributed by atoms with Gasteiger partial charge in [-0.15, -0.1) is 5.10 Å². The van der Waals surface area contributed by atoms with E-state index in [4.69, 9.17) is 9.47 Å². The zero-order valence-corrected chi connectivity index (χ0v) is 19.6. The summed E-state index contributed by atoms with van der Waals surface area (Å²) in [6.07, 6.45) is -2.99. The molecule has 1 aliphatic heterocycles. The minimum atomic E-state index is -4.70. The van der Waals surface area contributed by atoms with Crippen LogP contribution in [0, 0.1) is 18.7 Å². The van der Waals surface area contributed by atoms with Gasteiger partial charge in [-0.1, -0.05) is 18.2 Å². The number of aromatic nitrogens is 4. The molecule has 4 atom stereocenters. The van der Waals surface area contributed by atoms with Gasteiger partial charge in [0.2, 0.25) is 0 Å². The Morgan fingerprint density at radius 3 is 2.64 bits per heavy atom. The van der Waals surface area contributed by atoms with E-state index in [1.165, 1.54) is 19.2 Å². The van der Waals surface area contributed by atoms with Gasteiger partial charge in [0.1, 0.15) is 5.82 Å². The zero-order valence-electron chi connectivity index (χ0n) is 19.6. The summed E-state index contributed by atoms with van der Waals surface area (Å²) in [7, 11) is 1.34. The summed E-state index contributed by atoms with van der Waals surface area (Å²) in [5.74, 6) is -2.83. The lowest BCUT2D eigenvalue weighted by atomic mass is 9.76. The van der Waals surface area contributed by atoms with Crippen molar-refractivity contribution < 1.29 is 31.8 Å². The third-order valence-electron chi connectivity index (χ3n) is 7.41. The molecule has 1 aromatic heterocycles. The maximum atomic E-state index is 13.6. The molecular weight excluding hydrogens is 480 g/mol. The number of hydrogen-bond donors (Lipinski definition) is 0. The number of rotatable bonds is 4. The van der Waals surface area contributed by atoms with Gasteiger partial charge in [-0.05, 0) is 77.6 Å². The Morgan fingerprint density at radius 1 is 1.19 bits per heavy atom. The number of methoxy groups -OCH3 is 1. The maximum absolute atomic E-state index is 13.6. The summed E-state index contributed by atoms with van der Waals surface area (Å²) in [5, 5.41) is 9.88. The molecule has 1 saturated carbocycles. The molecule has 0 amide bonds. The first-order valence-electron chi connectivity index (χ1n) is 11.6. The van der Waals surface area contributed by atoms with Crippen molar-refractivity contribution in [3.05, 3.63) is 70.8 Å². The van der Waals surface area contributed by atoms with Crippen molar-refractivity contribution in [3.8, 4) is 5.69 Å². The first-order valence-corrected chi connectivity index (χ1v) is 11.6. The molecule has 2 fully saturated rings. The number of nitrogens with zero attached hydrogens (tertiary/aromatic N) is 4. The molecule has 190 valence electrons. The van der Waals surface area contributed by atoms with Crippen LogP contribution < -0.4 is 0 Å². The minimum absolute atomic E-state index is 0.130. The molecule has 7 nitrogen and oxygen atoms in total. The van der Waals surface area contributed by atoms with Gasteiger partial charge in [0.25, 0.3) is 5.82 Å². The predicted octanol–water partition coefficient (Wildman–Crippen LogP) is 4.74. The first-order chi connectivity index (χ1) is 17.1. The molecule has 1 spiro atoms. The molecule has 36 heavy (non-hydrogen) atoms. The molecule has 4 unspecified atom stereocenters. The molecule has 3 aromatic rings. The highest BCUT2D eigenvalue weighted by Crippen LogP contribution is 2.57. The normalized spacial score (nSPS) is 26.0. The predicted molar refractivity (Wildman–Crippen MR) is 119 cm³/mol. The van der Waals surface area contributed by atoms with Crippen LogP contribution in [0.4, 0.5) is 17.6 Å². The summed E-state index contributed by atoms with van der Waals surface area (Å²) >= 11 is 0. The molecule has 0 radical (unpaired) electrons. The highest BCUT2D eigenvalue weighted by Gasteiger charge is 2.56. The van der Waals surface area contributed by atoms with Crippen LogP contribution in [0.2, 0.25) is 0 Å². The van der Waals surface area contributed by atoms with Crippen LogP contribution in [-0.2, 0) is 20.4 Å². The van der Waals surface area contributed by atoms with E-state index >= 15 is 0 Å². The van der Waals surface area contributed by atoms with E-state index in [1.54, 1.807) is 30.3 Å². The summed E-state index contributed by atoms with van der Waals surface area (Å²) < 4.78 is 65.9. The van der Waals surface area contributed by atoms with Gasteiger partial charge < -0.3 is 9.47 Å². The van der Waals surface area contributed by atoms with Gasteiger partial charge in [-0.2, -0.15) is 17.9 Å². The van der Waals surface area contributed by atoms with E-state index in [9.17, 15) is 22.4 Å². The van der Waals surface area contributed by atoms with Gasteiger partial charge in [0.05, 0.1) is 30.9 Å². The van der Waals surface area contributed by atoms with E-state index in [0.29, 0.717) is 30.6 Å². The molecule has 11 heteroatoms. The number of hydrogen-bond acceptors (Lipinski definition) is 6. The second kappa shape index (κ2) is 8.95. The van der Waals surface area contributed by atoms with E-state index in [2.05, 4.69) is 15.5 Å². The SMILES string of the molecule is COC(=O)C1CCC2(CC(c3cc(-n4nnnc4C(F)(F)F)ccc3C)CO2)C1c1ccc(F)cc1. The fraction of sp³-hybridized carbons (Fsp3) is 0.440. The topological polar surface area (TPSA) is 79.1 Å². The summed E-state index contributed by atoms with van der Waals surface area (Å²) in [6.45, 7) is 2.22. The van der Waals surface area contributed by atoms with Gasteiger partial charge in [-0.3, -0.25) is 4.79 Å². The lowest BCUT2D eigenvalue weighted by molar-refractivity contribution is -0.147. The average Bonchev–Trinajstić information content (AvgIpc) is 3.59. The fourth-order valence-corrected chi connectivity index (χ4v) is 5.83. The minimum Gasteiger partial charge on any atom is -0.469 e. The van der Waals surface area contributed by atoms with E-state index < -0.39 is 23.5 Å². The van der Waals surface area contributed by atoms with Crippen LogP contribution in [0.1, 0.15) is 53.6 Å². The average molecular weight is 504 g/mol. The molecule has 2 aliphatic rings. The second-order valence-corrected chi connectivity index (χ2v) is 9.43. The number of alkyl halides is 3. The lowest BCUT2D eigenvalue weighted by Gasteiger charge is -2.33. The van der Waals surface area contributed by atoms with Gasteiger partial charge in [-0.25, -0.2) is 4.39 Å². The molecule has 2 heterocycles. The van der Waals surface area contributed by atoms with Crippen LogP contribution in [0.3, 0.4) is 0 Å². The Bertz CT molecular complexity index is 1280. The number of halogens is 4. The number of aryl methyl sites for hydroxylation is 1. The van der Waals surface area contributed by atoms with Crippen LogP contribution >= 0.6 is 0 Å². The number of ether oxygens (including phenoxy) is 2. The smallest absolute Gasteiger partial charge is 0.453 e. The summed E-state index contributed by atoms with van der Waals surface area (Å²) in [5.41, 5.74) is 2.02. The maximum Gasteiger partial charge on any atom is 0.453 e. The quantitative estimate of drug-likeness (QED) is 0.377. The standard InChI is InChI=1S/C25H24F4N4O3/c1-14-3-8-18(33-23(25(27,28)29)30-31-32-33)11-20(14)16-12-24(36-13-16)10-9-19(22(34)35-2)21(24)15-4-6-17(26)7-5-15/h3-8,11,16,19,21H,9-10,12-13H2,1-2H3.